The molecule has 3 N–H and O–H groups in total. The molecule has 7 heteroatoms. The van der Waals surface area contributed by atoms with Gasteiger partial charge in [0.2, 0.25) is 0 Å². The van der Waals surface area contributed by atoms with Crippen LogP contribution in [0, 0.1) is 11.3 Å². The van der Waals surface area contributed by atoms with Crippen LogP contribution in [0.25, 0.3) is 6.08 Å². The number of thiophene rings is 1. The van der Waals surface area contributed by atoms with Gasteiger partial charge in [-0.15, -0.1) is 11.3 Å². The number of amides is 2. The second-order valence-electron chi connectivity index (χ2n) is 7.53. The molecule has 0 radical (unpaired) electrons. The first-order chi connectivity index (χ1) is 15.0. The van der Waals surface area contributed by atoms with E-state index in [-0.39, 0.29) is 5.57 Å². The van der Waals surface area contributed by atoms with Crippen LogP contribution in [-0.2, 0) is 17.6 Å². The number of hydrogen-bond donors (Lipinski definition) is 2. The summed E-state index contributed by atoms with van der Waals surface area (Å²) in [6.45, 7) is 2.81. The molecule has 6 nitrogen and oxygen atoms in total. The molecule has 0 bridgehead atoms. The number of carbonyl (C=O) groups excluding carboxylic acids is 2. The number of nitrogens with one attached hydrogen (secondary N) is 1. The zero-order valence-corrected chi connectivity index (χ0v) is 18.5. The number of rotatable bonds is 9. The first-order valence-electron chi connectivity index (χ1n) is 10.6. The van der Waals surface area contributed by atoms with Gasteiger partial charge >= 0.3 is 0 Å². The number of hydrogen-bond acceptors (Lipinski definition) is 5. The first-order valence-corrected chi connectivity index (χ1v) is 11.5. The highest BCUT2D eigenvalue weighted by Gasteiger charge is 2.25. The second kappa shape index (κ2) is 10.8. The van der Waals surface area contributed by atoms with Gasteiger partial charge in [0.1, 0.15) is 22.4 Å². The zero-order valence-electron chi connectivity index (χ0n) is 17.7. The maximum Gasteiger partial charge on any atom is 0.266 e. The Morgan fingerprint density at radius 1 is 1.23 bits per heavy atom. The molecule has 1 heterocycles. The summed E-state index contributed by atoms with van der Waals surface area (Å²) in [4.78, 5) is 25.8. The van der Waals surface area contributed by atoms with Gasteiger partial charge in [0.15, 0.2) is 0 Å². The first kappa shape index (κ1) is 22.6. The standard InChI is InChI=1S/C24H27N3O3S/c1-2-3-6-13-30-18-11-9-16(10-12-18)14-17(15-25)23(29)27-24-21(22(26)28)19-7-4-5-8-20(19)31-24/h9-12,14H,2-8,13H2,1H3,(H2,26,28)(H,27,29). The Morgan fingerprint density at radius 3 is 2.65 bits per heavy atom. The lowest BCUT2D eigenvalue weighted by Gasteiger charge is -2.11. The van der Waals surface area contributed by atoms with Gasteiger partial charge in [-0.05, 0) is 61.4 Å². The molecule has 0 saturated carbocycles. The molecule has 0 aliphatic heterocycles. The van der Waals surface area contributed by atoms with E-state index in [0.717, 1.165) is 61.1 Å². The van der Waals surface area contributed by atoms with E-state index < -0.39 is 11.8 Å². The van der Waals surface area contributed by atoms with Crippen molar-refractivity contribution in [1.29, 1.82) is 5.26 Å². The van der Waals surface area contributed by atoms with Gasteiger partial charge in [0.25, 0.3) is 11.8 Å². The van der Waals surface area contributed by atoms with Crippen LogP contribution < -0.4 is 15.8 Å². The van der Waals surface area contributed by atoms with Crippen molar-refractivity contribution in [3.05, 3.63) is 51.4 Å². The molecule has 2 aromatic rings. The molecule has 2 amide bonds. The summed E-state index contributed by atoms with van der Waals surface area (Å²) in [6, 6.07) is 9.20. The Morgan fingerprint density at radius 2 is 1.97 bits per heavy atom. The Labute approximate surface area is 186 Å². The summed E-state index contributed by atoms with van der Waals surface area (Å²) in [5, 5.41) is 12.7. The Hall–Kier alpha value is -3.11. The van der Waals surface area contributed by atoms with Crippen LogP contribution in [0.15, 0.2) is 29.8 Å². The summed E-state index contributed by atoms with van der Waals surface area (Å²) in [6.07, 6.45) is 8.52. The van der Waals surface area contributed by atoms with Gasteiger partial charge in [-0.3, -0.25) is 9.59 Å². The lowest BCUT2D eigenvalue weighted by molar-refractivity contribution is -0.112. The number of nitriles is 1. The topological polar surface area (TPSA) is 105 Å². The minimum absolute atomic E-state index is 0.0431. The lowest BCUT2D eigenvalue weighted by atomic mass is 9.95. The molecule has 0 fully saturated rings. The highest BCUT2D eigenvalue weighted by Crippen LogP contribution is 2.38. The zero-order chi connectivity index (χ0) is 22.2. The molecule has 1 aromatic heterocycles. The molecule has 0 unspecified atom stereocenters. The molecule has 0 atom stereocenters. The number of benzene rings is 1. The normalized spacial score (nSPS) is 13.2. The van der Waals surface area contributed by atoms with Crippen LogP contribution in [0.4, 0.5) is 5.00 Å². The maximum atomic E-state index is 12.7. The van der Waals surface area contributed by atoms with Crippen LogP contribution in [0.1, 0.15) is 65.4 Å². The number of aryl methyl sites for hydroxylation is 1. The SMILES string of the molecule is CCCCCOc1ccc(C=C(C#N)C(=O)Nc2sc3c(c2C(N)=O)CCCC3)cc1. The number of anilines is 1. The van der Waals surface area contributed by atoms with Crippen LogP contribution >= 0.6 is 11.3 Å². The Bertz CT molecular complexity index is 1020. The molecule has 162 valence electrons. The van der Waals surface area contributed by atoms with Crippen molar-refractivity contribution in [3.63, 3.8) is 0 Å². The van der Waals surface area contributed by atoms with Crippen LogP contribution in [0.5, 0.6) is 5.75 Å². The third-order valence-corrected chi connectivity index (χ3v) is 6.42. The van der Waals surface area contributed by atoms with Crippen LogP contribution in [0.2, 0.25) is 0 Å². The lowest BCUT2D eigenvalue weighted by Crippen LogP contribution is -2.19. The summed E-state index contributed by atoms with van der Waals surface area (Å²) >= 11 is 1.38. The third kappa shape index (κ3) is 5.74. The monoisotopic (exact) mass is 437 g/mol. The van der Waals surface area contributed by atoms with Crippen molar-refractivity contribution in [1.82, 2.24) is 0 Å². The van der Waals surface area contributed by atoms with Gasteiger partial charge < -0.3 is 15.8 Å². The average molecular weight is 438 g/mol. The average Bonchev–Trinajstić information content (AvgIpc) is 3.14. The summed E-state index contributed by atoms with van der Waals surface area (Å²) in [5.74, 6) is -0.346. The minimum Gasteiger partial charge on any atom is -0.494 e. The summed E-state index contributed by atoms with van der Waals surface area (Å²) < 4.78 is 5.69. The van der Waals surface area contributed by atoms with E-state index >= 15 is 0 Å². The quantitative estimate of drug-likeness (QED) is 0.333. The molecule has 0 saturated heterocycles. The number of ether oxygens (including phenoxy) is 1. The van der Waals surface area contributed by atoms with Crippen molar-refractivity contribution in [2.24, 2.45) is 5.73 Å². The highest BCUT2D eigenvalue weighted by atomic mass is 32.1. The predicted molar refractivity (Wildman–Crippen MR) is 123 cm³/mol. The highest BCUT2D eigenvalue weighted by molar-refractivity contribution is 7.17. The van der Waals surface area contributed by atoms with Crippen molar-refractivity contribution in [3.8, 4) is 11.8 Å². The van der Waals surface area contributed by atoms with E-state index in [4.69, 9.17) is 10.5 Å². The molecule has 1 aliphatic rings. The summed E-state index contributed by atoms with van der Waals surface area (Å²) in [5.41, 5.74) is 7.58. The number of nitrogens with zero attached hydrogens (tertiary/aromatic N) is 1. The number of fused-ring (bicyclic) bond motifs is 1. The van der Waals surface area contributed by atoms with E-state index in [9.17, 15) is 14.9 Å². The van der Waals surface area contributed by atoms with Gasteiger partial charge in [-0.25, -0.2) is 0 Å². The van der Waals surface area contributed by atoms with Crippen molar-refractivity contribution >= 4 is 34.2 Å². The van der Waals surface area contributed by atoms with E-state index in [1.807, 2.05) is 18.2 Å². The van der Waals surface area contributed by atoms with Crippen molar-refractivity contribution in [2.45, 2.75) is 51.9 Å². The largest absolute Gasteiger partial charge is 0.494 e. The van der Waals surface area contributed by atoms with Gasteiger partial charge in [-0.2, -0.15) is 5.26 Å². The molecular weight excluding hydrogens is 410 g/mol. The number of primary amides is 1. The Balaban J connectivity index is 1.72. The van der Waals surface area contributed by atoms with Crippen molar-refractivity contribution < 1.29 is 14.3 Å². The number of nitrogens with two attached hydrogens (primary N) is 1. The summed E-state index contributed by atoms with van der Waals surface area (Å²) in [7, 11) is 0. The van der Waals surface area contributed by atoms with Crippen LogP contribution in [-0.4, -0.2) is 18.4 Å². The fourth-order valence-electron chi connectivity index (χ4n) is 3.60. The molecule has 31 heavy (non-hydrogen) atoms. The second-order valence-corrected chi connectivity index (χ2v) is 8.63. The van der Waals surface area contributed by atoms with E-state index in [2.05, 4.69) is 12.2 Å². The number of carbonyl (C=O) groups is 2. The minimum atomic E-state index is -0.552. The molecule has 1 aliphatic carbocycles. The molecule has 1 aromatic carbocycles. The smallest absolute Gasteiger partial charge is 0.266 e. The molecule has 0 spiro atoms. The van der Waals surface area contributed by atoms with E-state index in [0.29, 0.717) is 22.7 Å². The Kier molecular flexibility index (Phi) is 7.85. The van der Waals surface area contributed by atoms with E-state index in [1.165, 1.54) is 17.4 Å². The van der Waals surface area contributed by atoms with Gasteiger partial charge in [0, 0.05) is 4.88 Å². The number of unbranched alkanes of at least 4 members (excludes halogenated alkanes) is 2. The fraction of sp³-hybridized carbons (Fsp3) is 0.375. The maximum absolute atomic E-state index is 12.7. The fourth-order valence-corrected chi connectivity index (χ4v) is 4.89. The molecular formula is C24H27N3O3S. The van der Waals surface area contributed by atoms with E-state index in [1.54, 1.807) is 12.1 Å². The molecule has 3 rings (SSSR count). The predicted octanol–water partition coefficient (Wildman–Crippen LogP) is 4.84. The third-order valence-electron chi connectivity index (χ3n) is 5.22. The van der Waals surface area contributed by atoms with Crippen molar-refractivity contribution in [2.75, 3.05) is 11.9 Å². The van der Waals surface area contributed by atoms with Gasteiger partial charge in [0.05, 0.1) is 12.2 Å². The van der Waals surface area contributed by atoms with Gasteiger partial charge in [-0.1, -0.05) is 31.9 Å². The van der Waals surface area contributed by atoms with Crippen LogP contribution in [0.3, 0.4) is 0 Å².